The Bertz CT molecular complexity index is 429. The minimum absolute atomic E-state index is 0.0443. The van der Waals surface area contributed by atoms with Gasteiger partial charge in [-0.05, 0) is 35.4 Å². The first-order valence-corrected chi connectivity index (χ1v) is 6.32. The molecule has 7 heteroatoms. The van der Waals surface area contributed by atoms with Gasteiger partial charge in [0.25, 0.3) is 0 Å². The van der Waals surface area contributed by atoms with E-state index in [4.69, 9.17) is 4.74 Å². The lowest BCUT2D eigenvalue weighted by atomic mass is 10.3. The number of hydrogen-bond acceptors (Lipinski definition) is 4. The normalized spacial score (nSPS) is 10.4. The Labute approximate surface area is 113 Å². The molecule has 0 fully saturated rings. The van der Waals surface area contributed by atoms with Crippen LogP contribution in [0.1, 0.15) is 13.3 Å². The SMILES string of the molecule is CCNCCCOc1cc(F)c(Br)cc1[N+](=O)[O-]. The van der Waals surface area contributed by atoms with Gasteiger partial charge in [0, 0.05) is 12.1 Å². The Morgan fingerprint density at radius 3 is 2.89 bits per heavy atom. The van der Waals surface area contributed by atoms with Crippen molar-refractivity contribution in [3.63, 3.8) is 0 Å². The van der Waals surface area contributed by atoms with Gasteiger partial charge in [-0.2, -0.15) is 0 Å². The van der Waals surface area contributed by atoms with Gasteiger partial charge in [-0.15, -0.1) is 0 Å². The number of nitro groups is 1. The van der Waals surface area contributed by atoms with Crippen LogP contribution in [0.5, 0.6) is 5.75 Å². The van der Waals surface area contributed by atoms with Crippen LogP contribution in [-0.2, 0) is 0 Å². The van der Waals surface area contributed by atoms with Crippen molar-refractivity contribution < 1.29 is 14.1 Å². The summed E-state index contributed by atoms with van der Waals surface area (Å²) in [5.41, 5.74) is -0.244. The fraction of sp³-hybridized carbons (Fsp3) is 0.455. The molecule has 0 aliphatic heterocycles. The van der Waals surface area contributed by atoms with Crippen LogP contribution < -0.4 is 10.1 Å². The maximum atomic E-state index is 13.3. The second-order valence-electron chi connectivity index (χ2n) is 3.55. The van der Waals surface area contributed by atoms with E-state index in [1.54, 1.807) is 0 Å². The molecule has 0 aliphatic rings. The number of nitrogens with one attached hydrogen (secondary N) is 1. The van der Waals surface area contributed by atoms with Crippen LogP contribution in [0.3, 0.4) is 0 Å². The fourth-order valence-electron chi connectivity index (χ4n) is 1.33. The number of hydrogen-bond donors (Lipinski definition) is 1. The van der Waals surface area contributed by atoms with Gasteiger partial charge in [-0.3, -0.25) is 10.1 Å². The number of nitrogens with zero attached hydrogens (tertiary/aromatic N) is 1. The molecule has 5 nitrogen and oxygen atoms in total. The van der Waals surface area contributed by atoms with Gasteiger partial charge in [0.05, 0.1) is 16.0 Å². The first-order chi connectivity index (χ1) is 8.56. The summed E-state index contributed by atoms with van der Waals surface area (Å²) >= 11 is 2.91. The van der Waals surface area contributed by atoms with Crippen LogP contribution in [0.25, 0.3) is 0 Å². The monoisotopic (exact) mass is 320 g/mol. The van der Waals surface area contributed by atoms with Crippen molar-refractivity contribution in [1.29, 1.82) is 0 Å². The Morgan fingerprint density at radius 2 is 2.28 bits per heavy atom. The highest BCUT2D eigenvalue weighted by atomic mass is 79.9. The van der Waals surface area contributed by atoms with Crippen LogP contribution in [-0.4, -0.2) is 24.6 Å². The van der Waals surface area contributed by atoms with Crippen LogP contribution in [0.15, 0.2) is 16.6 Å². The number of ether oxygens (including phenoxy) is 1. The summed E-state index contributed by atoms with van der Waals surface area (Å²) in [6.07, 6.45) is 0.697. The topological polar surface area (TPSA) is 64.4 Å². The van der Waals surface area contributed by atoms with E-state index in [9.17, 15) is 14.5 Å². The lowest BCUT2D eigenvalue weighted by molar-refractivity contribution is -0.386. The summed E-state index contributed by atoms with van der Waals surface area (Å²) in [5, 5.41) is 13.9. The smallest absolute Gasteiger partial charge is 0.312 e. The van der Waals surface area contributed by atoms with Crippen molar-refractivity contribution in [2.75, 3.05) is 19.7 Å². The quantitative estimate of drug-likeness (QED) is 0.476. The van der Waals surface area contributed by atoms with E-state index in [0.717, 1.165) is 25.2 Å². The Balaban J connectivity index is 2.68. The third-order valence-corrected chi connectivity index (χ3v) is 2.81. The van der Waals surface area contributed by atoms with Gasteiger partial charge >= 0.3 is 5.69 Å². The molecule has 0 aromatic heterocycles. The molecule has 18 heavy (non-hydrogen) atoms. The van der Waals surface area contributed by atoms with Gasteiger partial charge in [0.1, 0.15) is 5.82 Å². The molecule has 0 bridgehead atoms. The minimum atomic E-state index is -0.593. The molecule has 0 heterocycles. The molecule has 100 valence electrons. The molecule has 1 N–H and O–H groups in total. The van der Waals surface area contributed by atoms with Crippen molar-refractivity contribution >= 4 is 21.6 Å². The summed E-state index contributed by atoms with van der Waals surface area (Å²) in [6, 6.07) is 2.13. The first kappa shape index (κ1) is 14.8. The molecule has 0 spiro atoms. The molecule has 0 aliphatic carbocycles. The second kappa shape index (κ2) is 7.27. The minimum Gasteiger partial charge on any atom is -0.487 e. The molecule has 0 unspecified atom stereocenters. The molecule has 1 aromatic carbocycles. The summed E-state index contributed by atoms with van der Waals surface area (Å²) in [6.45, 7) is 3.89. The Kier molecular flexibility index (Phi) is 6.00. The largest absolute Gasteiger partial charge is 0.487 e. The van der Waals surface area contributed by atoms with E-state index >= 15 is 0 Å². The molecule has 0 atom stereocenters. The molecule has 0 radical (unpaired) electrons. The van der Waals surface area contributed by atoms with Crippen molar-refractivity contribution in [3.8, 4) is 5.75 Å². The third-order valence-electron chi connectivity index (χ3n) is 2.20. The van der Waals surface area contributed by atoms with Crippen LogP contribution in [0.4, 0.5) is 10.1 Å². The molecule has 0 saturated carbocycles. The van der Waals surface area contributed by atoms with Gasteiger partial charge in [0.15, 0.2) is 5.75 Å². The Morgan fingerprint density at radius 1 is 1.56 bits per heavy atom. The lowest BCUT2D eigenvalue weighted by Crippen LogP contribution is -2.16. The molecule has 1 aromatic rings. The second-order valence-corrected chi connectivity index (χ2v) is 4.40. The average Bonchev–Trinajstić information content (AvgIpc) is 2.32. The number of halogens is 2. The predicted molar refractivity (Wildman–Crippen MR) is 69.4 cm³/mol. The lowest BCUT2D eigenvalue weighted by Gasteiger charge is -2.07. The zero-order valence-electron chi connectivity index (χ0n) is 9.91. The van der Waals surface area contributed by atoms with E-state index in [1.807, 2.05) is 6.92 Å². The maximum Gasteiger partial charge on any atom is 0.312 e. The van der Waals surface area contributed by atoms with Crippen molar-refractivity contribution in [1.82, 2.24) is 5.32 Å². The highest BCUT2D eigenvalue weighted by Crippen LogP contribution is 2.32. The van der Waals surface area contributed by atoms with Gasteiger partial charge in [-0.1, -0.05) is 6.92 Å². The molecule has 1 rings (SSSR count). The number of benzene rings is 1. The van der Waals surface area contributed by atoms with Crippen molar-refractivity contribution in [3.05, 3.63) is 32.5 Å². The summed E-state index contributed by atoms with van der Waals surface area (Å²) in [4.78, 5) is 10.2. The van der Waals surface area contributed by atoms with E-state index in [-0.39, 0.29) is 15.9 Å². The van der Waals surface area contributed by atoms with Gasteiger partial charge in [0.2, 0.25) is 0 Å². The standard InChI is InChI=1S/C11H14BrFN2O3/c1-2-14-4-3-5-18-11-7-9(13)8(12)6-10(11)15(16)17/h6-7,14H,2-5H2,1H3. The summed E-state index contributed by atoms with van der Waals surface area (Å²) < 4.78 is 18.6. The van der Waals surface area contributed by atoms with E-state index in [1.165, 1.54) is 0 Å². The zero-order chi connectivity index (χ0) is 13.5. The van der Waals surface area contributed by atoms with E-state index < -0.39 is 10.7 Å². The van der Waals surface area contributed by atoms with Crippen molar-refractivity contribution in [2.24, 2.45) is 0 Å². The predicted octanol–water partition coefficient (Wildman–Crippen LogP) is 2.87. The van der Waals surface area contributed by atoms with E-state index in [0.29, 0.717) is 13.0 Å². The summed E-state index contributed by atoms with van der Waals surface area (Å²) in [7, 11) is 0. The van der Waals surface area contributed by atoms with Crippen molar-refractivity contribution in [2.45, 2.75) is 13.3 Å². The molecular weight excluding hydrogens is 307 g/mol. The van der Waals surface area contributed by atoms with Crippen LogP contribution in [0.2, 0.25) is 0 Å². The van der Waals surface area contributed by atoms with Gasteiger partial charge < -0.3 is 10.1 Å². The molecule has 0 saturated heterocycles. The van der Waals surface area contributed by atoms with Gasteiger partial charge in [-0.25, -0.2) is 4.39 Å². The Hall–Kier alpha value is -1.21. The fourth-order valence-corrected chi connectivity index (χ4v) is 1.66. The van der Waals surface area contributed by atoms with Crippen LogP contribution >= 0.6 is 15.9 Å². The molecule has 0 amide bonds. The third kappa shape index (κ3) is 4.23. The average molecular weight is 321 g/mol. The number of nitro benzene ring substituents is 1. The highest BCUT2D eigenvalue weighted by molar-refractivity contribution is 9.10. The zero-order valence-corrected chi connectivity index (χ0v) is 11.5. The highest BCUT2D eigenvalue weighted by Gasteiger charge is 2.18. The maximum absolute atomic E-state index is 13.3. The summed E-state index contributed by atoms with van der Waals surface area (Å²) in [5.74, 6) is -0.625. The van der Waals surface area contributed by atoms with E-state index in [2.05, 4.69) is 21.2 Å². The number of rotatable bonds is 7. The van der Waals surface area contributed by atoms with Crippen LogP contribution in [0, 0.1) is 15.9 Å². The first-order valence-electron chi connectivity index (χ1n) is 5.53. The molecular formula is C11H14BrFN2O3.